The summed E-state index contributed by atoms with van der Waals surface area (Å²) >= 11 is 6.54. The Balaban J connectivity index is 1.72. The molecule has 1 amide bonds. The summed E-state index contributed by atoms with van der Waals surface area (Å²) < 4.78 is 31.1. The molecule has 2 aliphatic heterocycles. The van der Waals surface area contributed by atoms with Gasteiger partial charge in [-0.05, 0) is 38.4 Å². The molecule has 8 nitrogen and oxygen atoms in total. The van der Waals surface area contributed by atoms with Crippen LogP contribution in [0.1, 0.15) is 5.56 Å². The van der Waals surface area contributed by atoms with Crippen molar-refractivity contribution in [3.63, 3.8) is 0 Å². The van der Waals surface area contributed by atoms with Crippen molar-refractivity contribution >= 4 is 39.9 Å². The third kappa shape index (κ3) is 4.51. The molecule has 3 aromatic rings. The molecule has 0 radical (unpaired) electrons. The van der Waals surface area contributed by atoms with Crippen LogP contribution in [0.3, 0.4) is 0 Å². The first-order valence-corrected chi connectivity index (χ1v) is 12.8. The van der Waals surface area contributed by atoms with Crippen molar-refractivity contribution < 1.29 is 18.7 Å². The second kappa shape index (κ2) is 10.3. The number of likely N-dealkylation sites (N-methyl/N-ethyl adjacent to an activating group) is 1. The number of halogens is 3. The summed E-state index contributed by atoms with van der Waals surface area (Å²) in [6, 6.07) is 7.67. The highest BCUT2D eigenvalue weighted by Gasteiger charge is 2.35. The number of aromatic hydroxyl groups is 1. The fourth-order valence-electron chi connectivity index (χ4n) is 5.18. The van der Waals surface area contributed by atoms with Crippen molar-refractivity contribution in [2.45, 2.75) is 6.04 Å². The van der Waals surface area contributed by atoms with Gasteiger partial charge in [-0.25, -0.2) is 13.8 Å². The van der Waals surface area contributed by atoms with Crippen LogP contribution in [0.2, 0.25) is 5.02 Å². The number of nitriles is 1. The van der Waals surface area contributed by atoms with E-state index in [9.17, 15) is 19.6 Å². The van der Waals surface area contributed by atoms with E-state index in [0.717, 1.165) is 6.07 Å². The molecule has 0 spiro atoms. The highest BCUT2D eigenvalue weighted by Crippen LogP contribution is 2.45. The number of hydrogen-bond donors (Lipinski definition) is 1. The maximum Gasteiger partial charge on any atom is 0.246 e. The molecule has 2 saturated heterocycles. The van der Waals surface area contributed by atoms with Gasteiger partial charge in [-0.15, -0.1) is 0 Å². The number of benzene rings is 2. The molecule has 1 aromatic heterocycles. The standard InChI is InChI=1S/C28H27ClF2N6O2/c1-4-22(39)35-8-10-36(11-9-35)27-17-12-19(29)23(24-20(30)6-5-7-21(24)38)25(31)26(17)33-28(18(27)13-32)37-14-16(15-37)34(2)3/h4-7,12,16,38H,1,8-11,14-15H2,2-3H3. The second-order valence-corrected chi connectivity index (χ2v) is 10.3. The lowest BCUT2D eigenvalue weighted by atomic mass is 9.97. The van der Waals surface area contributed by atoms with E-state index in [-0.39, 0.29) is 39.2 Å². The number of fused-ring (bicyclic) bond motifs is 1. The van der Waals surface area contributed by atoms with Crippen LogP contribution in [0.15, 0.2) is 36.9 Å². The number of carbonyl (C=O) groups is 1. The zero-order valence-electron chi connectivity index (χ0n) is 21.6. The number of nitrogens with zero attached hydrogens (tertiary/aromatic N) is 6. The molecule has 0 saturated carbocycles. The molecule has 2 fully saturated rings. The minimum atomic E-state index is -0.893. The van der Waals surface area contributed by atoms with Gasteiger partial charge in [0.2, 0.25) is 5.91 Å². The fourth-order valence-corrected chi connectivity index (χ4v) is 5.47. The lowest BCUT2D eigenvalue weighted by Gasteiger charge is -2.44. The Bertz CT molecular complexity index is 1500. The largest absolute Gasteiger partial charge is 0.507 e. The number of rotatable bonds is 5. The highest BCUT2D eigenvalue weighted by atomic mass is 35.5. The van der Waals surface area contributed by atoms with E-state index in [2.05, 4.69) is 22.5 Å². The van der Waals surface area contributed by atoms with Gasteiger partial charge in [0.1, 0.15) is 34.5 Å². The number of pyridine rings is 1. The Hall–Kier alpha value is -3.94. The van der Waals surface area contributed by atoms with Crippen LogP contribution in [0.4, 0.5) is 20.3 Å². The zero-order valence-corrected chi connectivity index (χ0v) is 22.3. The summed E-state index contributed by atoms with van der Waals surface area (Å²) in [4.78, 5) is 24.3. The van der Waals surface area contributed by atoms with Gasteiger partial charge in [0.05, 0.1) is 16.3 Å². The number of phenolic OH excluding ortho intramolecular Hbond substituents is 1. The minimum Gasteiger partial charge on any atom is -0.507 e. The van der Waals surface area contributed by atoms with Gasteiger partial charge in [0, 0.05) is 56.3 Å². The number of piperazine rings is 1. The van der Waals surface area contributed by atoms with Crippen LogP contribution < -0.4 is 9.80 Å². The first-order chi connectivity index (χ1) is 18.7. The predicted molar refractivity (Wildman–Crippen MR) is 147 cm³/mol. The molecule has 202 valence electrons. The summed E-state index contributed by atoms with van der Waals surface area (Å²) in [7, 11) is 3.93. The number of amides is 1. The Morgan fingerprint density at radius 1 is 1.21 bits per heavy atom. The Kier molecular flexibility index (Phi) is 7.05. The first-order valence-electron chi connectivity index (χ1n) is 12.5. The maximum absolute atomic E-state index is 16.3. The summed E-state index contributed by atoms with van der Waals surface area (Å²) in [6.07, 6.45) is 1.26. The molecule has 0 atom stereocenters. The molecule has 2 aliphatic rings. The topological polar surface area (TPSA) is 86.9 Å². The molecule has 11 heteroatoms. The van der Waals surface area contributed by atoms with E-state index in [0.29, 0.717) is 56.2 Å². The van der Waals surface area contributed by atoms with Crippen molar-refractivity contribution in [2.24, 2.45) is 0 Å². The van der Waals surface area contributed by atoms with Crippen LogP contribution in [-0.4, -0.2) is 85.2 Å². The summed E-state index contributed by atoms with van der Waals surface area (Å²) in [6.45, 7) is 6.29. The number of anilines is 2. The third-order valence-corrected chi connectivity index (χ3v) is 7.75. The van der Waals surface area contributed by atoms with Crippen LogP contribution in [-0.2, 0) is 4.79 Å². The van der Waals surface area contributed by atoms with Crippen molar-refractivity contribution in [1.29, 1.82) is 5.26 Å². The molecule has 39 heavy (non-hydrogen) atoms. The van der Waals surface area contributed by atoms with Crippen molar-refractivity contribution in [3.8, 4) is 22.9 Å². The maximum atomic E-state index is 16.3. The summed E-state index contributed by atoms with van der Waals surface area (Å²) in [5.74, 6) is -2.04. The van der Waals surface area contributed by atoms with E-state index >= 15 is 4.39 Å². The Morgan fingerprint density at radius 3 is 2.49 bits per heavy atom. The molecule has 0 aliphatic carbocycles. The highest BCUT2D eigenvalue weighted by molar-refractivity contribution is 6.34. The van der Waals surface area contributed by atoms with Crippen LogP contribution in [0, 0.1) is 23.0 Å². The van der Waals surface area contributed by atoms with Crippen LogP contribution in [0.5, 0.6) is 5.75 Å². The first kappa shape index (κ1) is 26.7. The van der Waals surface area contributed by atoms with E-state index in [4.69, 9.17) is 11.6 Å². The monoisotopic (exact) mass is 552 g/mol. The molecule has 3 heterocycles. The third-order valence-electron chi connectivity index (χ3n) is 7.45. The molecule has 1 N–H and O–H groups in total. The van der Waals surface area contributed by atoms with Crippen LogP contribution in [0.25, 0.3) is 22.0 Å². The van der Waals surface area contributed by atoms with Gasteiger partial charge in [0.15, 0.2) is 5.82 Å². The number of phenols is 1. The molecule has 0 unspecified atom stereocenters. The number of carbonyl (C=O) groups excluding carboxylic acids is 1. The molecular formula is C28H27ClF2N6O2. The lowest BCUT2D eigenvalue weighted by Crippen LogP contribution is -2.58. The average molecular weight is 553 g/mol. The predicted octanol–water partition coefficient (Wildman–Crippen LogP) is 4.00. The normalized spacial score (nSPS) is 16.0. The fraction of sp³-hybridized carbons (Fsp3) is 0.321. The van der Waals surface area contributed by atoms with E-state index < -0.39 is 17.4 Å². The molecule has 5 rings (SSSR count). The van der Waals surface area contributed by atoms with Gasteiger partial charge in [-0.1, -0.05) is 24.2 Å². The quantitative estimate of drug-likeness (QED) is 0.479. The SMILES string of the molecule is C=CC(=O)N1CCN(c2c(C#N)c(N3CC(N(C)C)C3)nc3c(F)c(-c4c(O)cccc4F)c(Cl)cc23)CC1. The van der Waals surface area contributed by atoms with Gasteiger partial charge >= 0.3 is 0 Å². The second-order valence-electron chi connectivity index (χ2n) is 9.89. The van der Waals surface area contributed by atoms with E-state index in [1.54, 1.807) is 4.90 Å². The molecular weight excluding hydrogens is 526 g/mol. The number of aromatic nitrogens is 1. The Labute approximate surface area is 229 Å². The molecule has 0 bridgehead atoms. The van der Waals surface area contributed by atoms with E-state index in [1.165, 1.54) is 24.3 Å². The van der Waals surface area contributed by atoms with Crippen molar-refractivity contribution in [2.75, 3.05) is 63.2 Å². The van der Waals surface area contributed by atoms with Crippen molar-refractivity contribution in [1.82, 2.24) is 14.8 Å². The summed E-state index contributed by atoms with van der Waals surface area (Å²) in [5.41, 5.74) is -0.00453. The van der Waals surface area contributed by atoms with E-state index in [1.807, 2.05) is 23.9 Å². The lowest BCUT2D eigenvalue weighted by molar-refractivity contribution is -0.126. The smallest absolute Gasteiger partial charge is 0.246 e. The van der Waals surface area contributed by atoms with Gasteiger partial charge < -0.3 is 24.7 Å². The van der Waals surface area contributed by atoms with Crippen LogP contribution >= 0.6 is 11.6 Å². The Morgan fingerprint density at radius 2 is 1.90 bits per heavy atom. The number of hydrogen-bond acceptors (Lipinski definition) is 7. The average Bonchev–Trinajstić information content (AvgIpc) is 2.88. The summed E-state index contributed by atoms with van der Waals surface area (Å²) in [5, 5.41) is 20.9. The minimum absolute atomic E-state index is 0.0843. The van der Waals surface area contributed by atoms with Gasteiger partial charge in [-0.2, -0.15) is 5.26 Å². The van der Waals surface area contributed by atoms with Gasteiger partial charge in [0.25, 0.3) is 0 Å². The van der Waals surface area contributed by atoms with Crippen molar-refractivity contribution in [3.05, 3.63) is 59.1 Å². The zero-order chi connectivity index (χ0) is 28.0. The molecule has 2 aromatic carbocycles. The van der Waals surface area contributed by atoms with Gasteiger partial charge in [-0.3, -0.25) is 4.79 Å².